The predicted molar refractivity (Wildman–Crippen MR) is 54.2 cm³/mol. The molecule has 0 bridgehead atoms. The fourth-order valence-electron chi connectivity index (χ4n) is 1.30. The van der Waals surface area contributed by atoms with Crippen molar-refractivity contribution in [3.05, 3.63) is 23.6 Å². The van der Waals surface area contributed by atoms with E-state index in [-0.39, 0.29) is 17.5 Å². The van der Waals surface area contributed by atoms with Crippen LogP contribution in [-0.4, -0.2) is 24.0 Å². The highest BCUT2D eigenvalue weighted by atomic mass is 19.1. The predicted octanol–water partition coefficient (Wildman–Crippen LogP) is 1.15. The topological polar surface area (TPSA) is 54.0 Å². The second-order valence-corrected chi connectivity index (χ2v) is 3.55. The fraction of sp³-hybridized carbons (Fsp3) is 0.400. The van der Waals surface area contributed by atoms with Gasteiger partial charge < -0.3 is 10.6 Å². The summed E-state index contributed by atoms with van der Waals surface area (Å²) in [5, 5.41) is 5.55. The zero-order chi connectivity index (χ0) is 10.8. The summed E-state index contributed by atoms with van der Waals surface area (Å²) < 4.78 is 12.9. The number of aromatic nitrogens is 1. The van der Waals surface area contributed by atoms with Crippen molar-refractivity contribution < 1.29 is 9.18 Å². The van der Waals surface area contributed by atoms with Crippen LogP contribution in [0.25, 0.3) is 0 Å². The molecule has 0 aromatic carbocycles. The van der Waals surface area contributed by atoms with Crippen LogP contribution < -0.4 is 10.6 Å². The first-order chi connectivity index (χ1) is 7.20. The van der Waals surface area contributed by atoms with Gasteiger partial charge in [0.25, 0.3) is 5.91 Å². The molecule has 1 aromatic heterocycles. The van der Waals surface area contributed by atoms with E-state index in [0.29, 0.717) is 5.82 Å². The molecule has 4 nitrogen and oxygen atoms in total. The average molecular weight is 209 g/mol. The van der Waals surface area contributed by atoms with E-state index in [2.05, 4.69) is 15.6 Å². The third kappa shape index (κ3) is 2.23. The number of anilines is 1. The monoisotopic (exact) mass is 209 g/mol. The number of hydrogen-bond acceptors (Lipinski definition) is 3. The third-order valence-corrected chi connectivity index (χ3v) is 2.25. The van der Waals surface area contributed by atoms with Crippen molar-refractivity contribution in [3.63, 3.8) is 0 Å². The van der Waals surface area contributed by atoms with E-state index in [1.54, 1.807) is 7.05 Å². The van der Waals surface area contributed by atoms with Crippen molar-refractivity contribution in [1.29, 1.82) is 0 Å². The highest BCUT2D eigenvalue weighted by Crippen LogP contribution is 2.20. The van der Waals surface area contributed by atoms with Crippen LogP contribution >= 0.6 is 0 Å². The van der Waals surface area contributed by atoms with Gasteiger partial charge in [0, 0.05) is 13.1 Å². The summed E-state index contributed by atoms with van der Waals surface area (Å²) in [6.45, 7) is 0. The first-order valence-corrected chi connectivity index (χ1v) is 4.85. The van der Waals surface area contributed by atoms with E-state index in [9.17, 15) is 9.18 Å². The van der Waals surface area contributed by atoms with Crippen LogP contribution in [0.5, 0.6) is 0 Å². The maximum absolute atomic E-state index is 12.9. The van der Waals surface area contributed by atoms with Crippen molar-refractivity contribution >= 4 is 11.7 Å². The minimum Gasteiger partial charge on any atom is -0.372 e. The van der Waals surface area contributed by atoms with E-state index in [1.165, 1.54) is 6.07 Å². The lowest BCUT2D eigenvalue weighted by Gasteiger charge is -2.07. The molecule has 1 aliphatic carbocycles. The van der Waals surface area contributed by atoms with Crippen LogP contribution in [0, 0.1) is 5.82 Å². The van der Waals surface area contributed by atoms with Crippen LogP contribution in [0.15, 0.2) is 12.3 Å². The Morgan fingerprint density at radius 2 is 2.33 bits per heavy atom. The summed E-state index contributed by atoms with van der Waals surface area (Å²) in [5.41, 5.74) is 0.254. The summed E-state index contributed by atoms with van der Waals surface area (Å²) in [7, 11) is 1.65. The lowest BCUT2D eigenvalue weighted by molar-refractivity contribution is 0.0951. The van der Waals surface area contributed by atoms with Gasteiger partial charge in [-0.2, -0.15) is 0 Å². The van der Waals surface area contributed by atoms with Gasteiger partial charge in [-0.25, -0.2) is 9.37 Å². The molecule has 0 aliphatic heterocycles. The number of rotatable bonds is 3. The Morgan fingerprint density at radius 1 is 1.60 bits per heavy atom. The summed E-state index contributed by atoms with van der Waals surface area (Å²) >= 11 is 0. The number of hydrogen-bond donors (Lipinski definition) is 2. The first-order valence-electron chi connectivity index (χ1n) is 4.85. The van der Waals surface area contributed by atoms with E-state index < -0.39 is 5.82 Å². The molecule has 2 rings (SSSR count). The minimum atomic E-state index is -0.505. The third-order valence-electron chi connectivity index (χ3n) is 2.25. The maximum Gasteiger partial charge on any atom is 0.255 e. The molecule has 0 saturated heterocycles. The Morgan fingerprint density at radius 3 is 2.93 bits per heavy atom. The fourth-order valence-corrected chi connectivity index (χ4v) is 1.30. The zero-order valence-corrected chi connectivity index (χ0v) is 8.38. The molecule has 5 heteroatoms. The van der Waals surface area contributed by atoms with E-state index >= 15 is 0 Å². The van der Waals surface area contributed by atoms with Gasteiger partial charge in [-0.05, 0) is 18.9 Å². The number of carbonyl (C=O) groups excluding carboxylic acids is 1. The number of amides is 1. The zero-order valence-electron chi connectivity index (χ0n) is 8.38. The van der Waals surface area contributed by atoms with Crippen molar-refractivity contribution in [2.24, 2.45) is 0 Å². The second kappa shape index (κ2) is 3.84. The van der Waals surface area contributed by atoms with Crippen molar-refractivity contribution in [2.45, 2.75) is 18.9 Å². The SMILES string of the molecule is CNc1ncc(F)cc1C(=O)NC1CC1. The lowest BCUT2D eigenvalue weighted by atomic mass is 10.2. The summed E-state index contributed by atoms with van der Waals surface area (Å²) in [5.74, 6) is -0.377. The maximum atomic E-state index is 12.9. The molecule has 2 N–H and O–H groups in total. The van der Waals surface area contributed by atoms with Gasteiger partial charge in [0.1, 0.15) is 11.6 Å². The quantitative estimate of drug-likeness (QED) is 0.785. The number of halogens is 1. The van der Waals surface area contributed by atoms with Gasteiger partial charge in [-0.1, -0.05) is 0 Å². The molecule has 1 heterocycles. The Hall–Kier alpha value is -1.65. The normalized spacial score (nSPS) is 14.8. The molecule has 0 spiro atoms. The number of carbonyl (C=O) groups is 1. The van der Waals surface area contributed by atoms with E-state index in [0.717, 1.165) is 19.0 Å². The van der Waals surface area contributed by atoms with Gasteiger partial charge in [0.05, 0.1) is 11.8 Å². The Kier molecular flexibility index (Phi) is 2.53. The smallest absolute Gasteiger partial charge is 0.255 e. The van der Waals surface area contributed by atoms with Gasteiger partial charge in [0.2, 0.25) is 0 Å². The van der Waals surface area contributed by atoms with Crippen LogP contribution in [0.3, 0.4) is 0 Å². The molecule has 1 saturated carbocycles. The largest absolute Gasteiger partial charge is 0.372 e. The molecule has 1 aliphatic rings. The van der Waals surface area contributed by atoms with Crippen LogP contribution in [0.4, 0.5) is 10.2 Å². The molecular weight excluding hydrogens is 197 g/mol. The second-order valence-electron chi connectivity index (χ2n) is 3.55. The Labute approximate surface area is 86.9 Å². The highest BCUT2D eigenvalue weighted by Gasteiger charge is 2.25. The minimum absolute atomic E-state index is 0.254. The summed E-state index contributed by atoms with van der Waals surface area (Å²) in [6, 6.07) is 1.45. The van der Waals surface area contributed by atoms with Crippen molar-refractivity contribution in [2.75, 3.05) is 12.4 Å². The van der Waals surface area contributed by atoms with Gasteiger partial charge in [-0.15, -0.1) is 0 Å². The molecule has 1 aromatic rings. The summed E-state index contributed by atoms with van der Waals surface area (Å²) in [6.07, 6.45) is 3.09. The molecular formula is C10H12FN3O. The number of nitrogens with zero attached hydrogens (tertiary/aromatic N) is 1. The standard InChI is InChI=1S/C10H12FN3O/c1-12-9-8(4-6(11)5-13-9)10(15)14-7-2-3-7/h4-5,7H,2-3H2,1H3,(H,12,13)(H,14,15). The number of nitrogens with one attached hydrogen (secondary N) is 2. The first kappa shape index (κ1) is 9.89. The Balaban J connectivity index is 2.23. The van der Waals surface area contributed by atoms with Crippen molar-refractivity contribution in [1.82, 2.24) is 10.3 Å². The molecule has 15 heavy (non-hydrogen) atoms. The molecule has 80 valence electrons. The molecule has 0 radical (unpaired) electrons. The van der Waals surface area contributed by atoms with Gasteiger partial charge in [0.15, 0.2) is 0 Å². The Bertz CT molecular complexity index is 390. The van der Waals surface area contributed by atoms with E-state index in [1.807, 2.05) is 0 Å². The van der Waals surface area contributed by atoms with Crippen molar-refractivity contribution in [3.8, 4) is 0 Å². The lowest BCUT2D eigenvalue weighted by Crippen LogP contribution is -2.26. The van der Waals surface area contributed by atoms with Crippen LogP contribution in [0.2, 0.25) is 0 Å². The van der Waals surface area contributed by atoms with Crippen LogP contribution in [-0.2, 0) is 0 Å². The van der Waals surface area contributed by atoms with E-state index in [4.69, 9.17) is 0 Å². The van der Waals surface area contributed by atoms with Gasteiger partial charge >= 0.3 is 0 Å². The number of pyridine rings is 1. The molecule has 1 fully saturated rings. The molecule has 0 atom stereocenters. The highest BCUT2D eigenvalue weighted by molar-refractivity contribution is 5.99. The molecule has 1 amide bonds. The van der Waals surface area contributed by atoms with Gasteiger partial charge in [-0.3, -0.25) is 4.79 Å². The average Bonchev–Trinajstić information content (AvgIpc) is 3.01. The molecule has 0 unspecified atom stereocenters. The van der Waals surface area contributed by atoms with Crippen LogP contribution in [0.1, 0.15) is 23.2 Å². The summed E-state index contributed by atoms with van der Waals surface area (Å²) in [4.78, 5) is 15.5.